The summed E-state index contributed by atoms with van der Waals surface area (Å²) in [6.45, 7) is 5.10. The summed E-state index contributed by atoms with van der Waals surface area (Å²) in [4.78, 5) is 32.3. The number of nitrogens with zero attached hydrogens (tertiary/aromatic N) is 3. The summed E-state index contributed by atoms with van der Waals surface area (Å²) >= 11 is 0. The van der Waals surface area contributed by atoms with Crippen LogP contribution in [0.3, 0.4) is 0 Å². The lowest BCUT2D eigenvalue weighted by Crippen LogP contribution is -2.32. The van der Waals surface area contributed by atoms with Crippen molar-refractivity contribution in [2.75, 3.05) is 30.5 Å². The van der Waals surface area contributed by atoms with E-state index in [9.17, 15) is 9.59 Å². The molecule has 4 rings (SSSR count). The van der Waals surface area contributed by atoms with Crippen molar-refractivity contribution in [1.82, 2.24) is 9.55 Å². The first kappa shape index (κ1) is 20.1. The van der Waals surface area contributed by atoms with Crippen LogP contribution in [0.5, 0.6) is 0 Å². The number of carbonyl (C=O) groups excluding carboxylic acids is 2. The van der Waals surface area contributed by atoms with Gasteiger partial charge in [0.05, 0.1) is 17.5 Å². The van der Waals surface area contributed by atoms with E-state index in [0.717, 1.165) is 22.3 Å². The van der Waals surface area contributed by atoms with E-state index in [-0.39, 0.29) is 18.2 Å². The van der Waals surface area contributed by atoms with E-state index in [1.165, 1.54) is 5.56 Å². The summed E-state index contributed by atoms with van der Waals surface area (Å²) in [6.07, 6.45) is 0.757. The second kappa shape index (κ2) is 8.28. The average Bonchev–Trinajstić information content (AvgIpc) is 3.21. The van der Waals surface area contributed by atoms with Crippen molar-refractivity contribution in [2.24, 2.45) is 0 Å². The van der Waals surface area contributed by atoms with Crippen LogP contribution in [0.2, 0.25) is 0 Å². The number of para-hydroxylation sites is 2. The fourth-order valence-electron chi connectivity index (χ4n) is 3.88. The Kier molecular flexibility index (Phi) is 5.55. The lowest BCUT2D eigenvalue weighted by Gasteiger charge is -2.16. The monoisotopic (exact) mass is 406 g/mol. The maximum Gasteiger partial charge on any atom is 0.253 e. The zero-order valence-corrected chi connectivity index (χ0v) is 17.5. The molecular formula is C23H26N4O3. The summed E-state index contributed by atoms with van der Waals surface area (Å²) in [5, 5.41) is 2.93. The van der Waals surface area contributed by atoms with Crippen molar-refractivity contribution in [2.45, 2.75) is 32.7 Å². The highest BCUT2D eigenvalue weighted by atomic mass is 16.5. The van der Waals surface area contributed by atoms with Crippen LogP contribution in [0.4, 0.5) is 11.6 Å². The highest BCUT2D eigenvalue weighted by Gasteiger charge is 2.40. The molecule has 1 atom stereocenters. The lowest BCUT2D eigenvalue weighted by atomic mass is 10.1. The highest BCUT2D eigenvalue weighted by Crippen LogP contribution is 2.36. The van der Waals surface area contributed by atoms with Gasteiger partial charge in [-0.1, -0.05) is 18.2 Å². The van der Waals surface area contributed by atoms with Crippen molar-refractivity contribution in [1.29, 1.82) is 0 Å². The molecule has 0 bridgehead atoms. The number of hydrogen-bond acceptors (Lipinski definition) is 4. The number of aryl methyl sites for hydroxylation is 2. The number of aromatic nitrogens is 2. The lowest BCUT2D eigenvalue weighted by molar-refractivity contribution is -0.124. The zero-order valence-electron chi connectivity index (χ0n) is 17.5. The van der Waals surface area contributed by atoms with E-state index in [4.69, 9.17) is 4.74 Å². The van der Waals surface area contributed by atoms with Gasteiger partial charge in [0, 0.05) is 25.9 Å². The first-order valence-corrected chi connectivity index (χ1v) is 10.1. The molecule has 1 aliphatic heterocycles. The van der Waals surface area contributed by atoms with Crippen LogP contribution in [0, 0.1) is 13.8 Å². The molecule has 1 aromatic heterocycles. The molecule has 2 aromatic carbocycles. The molecule has 30 heavy (non-hydrogen) atoms. The molecule has 7 heteroatoms. The van der Waals surface area contributed by atoms with E-state index in [1.807, 2.05) is 60.9 Å². The molecule has 3 aromatic rings. The van der Waals surface area contributed by atoms with E-state index >= 15 is 0 Å². The van der Waals surface area contributed by atoms with Crippen LogP contribution in [-0.2, 0) is 14.3 Å². The number of ether oxygens (including phenoxy) is 1. The predicted octanol–water partition coefficient (Wildman–Crippen LogP) is 3.61. The first-order chi connectivity index (χ1) is 14.5. The molecule has 0 saturated carbocycles. The number of fused-ring (bicyclic) bond motifs is 3. The van der Waals surface area contributed by atoms with Crippen LogP contribution in [0.15, 0.2) is 42.5 Å². The van der Waals surface area contributed by atoms with Crippen LogP contribution in [0.25, 0.3) is 11.0 Å². The van der Waals surface area contributed by atoms with E-state index in [1.54, 1.807) is 12.0 Å². The van der Waals surface area contributed by atoms with Gasteiger partial charge in [0.25, 0.3) is 5.91 Å². The minimum absolute atomic E-state index is 0.0554. The predicted molar refractivity (Wildman–Crippen MR) is 117 cm³/mol. The van der Waals surface area contributed by atoms with Crippen LogP contribution >= 0.6 is 0 Å². The Bertz CT molecular complexity index is 1110. The molecule has 2 amide bonds. The van der Waals surface area contributed by atoms with Gasteiger partial charge in [-0.05, 0) is 55.7 Å². The SMILES string of the molecule is COCCCN1C(=O)C(CC(=O)Nc2ccc(C)c(C)c2)n2c1nc1ccccc12. The summed E-state index contributed by atoms with van der Waals surface area (Å²) in [7, 11) is 1.64. The molecule has 0 saturated heterocycles. The molecule has 0 aliphatic carbocycles. The molecule has 1 unspecified atom stereocenters. The molecular weight excluding hydrogens is 380 g/mol. The Hall–Kier alpha value is -3.19. The van der Waals surface area contributed by atoms with Crippen molar-refractivity contribution in [3.8, 4) is 0 Å². The number of carbonyl (C=O) groups is 2. The third-order valence-electron chi connectivity index (χ3n) is 5.58. The van der Waals surface area contributed by atoms with Gasteiger partial charge < -0.3 is 10.1 Å². The second-order valence-corrected chi connectivity index (χ2v) is 7.67. The van der Waals surface area contributed by atoms with Gasteiger partial charge >= 0.3 is 0 Å². The van der Waals surface area contributed by atoms with Gasteiger partial charge in [0.1, 0.15) is 6.04 Å². The fourth-order valence-corrected chi connectivity index (χ4v) is 3.88. The Balaban J connectivity index is 1.60. The van der Waals surface area contributed by atoms with Gasteiger partial charge in [-0.3, -0.25) is 19.1 Å². The van der Waals surface area contributed by atoms with Gasteiger partial charge in [-0.15, -0.1) is 0 Å². The number of amides is 2. The van der Waals surface area contributed by atoms with E-state index in [0.29, 0.717) is 25.5 Å². The number of rotatable bonds is 7. The van der Waals surface area contributed by atoms with Crippen molar-refractivity contribution < 1.29 is 14.3 Å². The summed E-state index contributed by atoms with van der Waals surface area (Å²) in [5.74, 6) is 0.301. The maximum absolute atomic E-state index is 13.2. The van der Waals surface area contributed by atoms with Gasteiger partial charge in [0.15, 0.2) is 0 Å². The minimum atomic E-state index is -0.610. The Morgan fingerprint density at radius 2 is 1.97 bits per heavy atom. The second-order valence-electron chi connectivity index (χ2n) is 7.67. The van der Waals surface area contributed by atoms with Gasteiger partial charge in [-0.25, -0.2) is 4.98 Å². The standard InChI is InChI=1S/C23H26N4O3/c1-15-9-10-17(13-16(15)2)24-21(28)14-20-22(29)26(11-6-12-30-3)23-25-18-7-4-5-8-19(18)27(20)23/h4-5,7-10,13,20H,6,11-12,14H2,1-3H3,(H,24,28). The summed E-state index contributed by atoms with van der Waals surface area (Å²) in [5.41, 5.74) is 4.69. The highest BCUT2D eigenvalue weighted by molar-refractivity contribution is 6.05. The fraction of sp³-hybridized carbons (Fsp3) is 0.348. The first-order valence-electron chi connectivity index (χ1n) is 10.1. The number of imidazole rings is 1. The number of methoxy groups -OCH3 is 1. The van der Waals surface area contributed by atoms with Crippen molar-refractivity contribution in [3.05, 3.63) is 53.6 Å². The smallest absolute Gasteiger partial charge is 0.253 e. The molecule has 1 N–H and O–H groups in total. The Morgan fingerprint density at radius 3 is 2.73 bits per heavy atom. The van der Waals surface area contributed by atoms with Crippen LogP contribution < -0.4 is 10.2 Å². The largest absolute Gasteiger partial charge is 0.385 e. The summed E-state index contributed by atoms with van der Waals surface area (Å²) in [6, 6.07) is 12.9. The number of nitrogens with one attached hydrogen (secondary N) is 1. The molecule has 0 fully saturated rings. The van der Waals surface area contributed by atoms with Crippen LogP contribution in [-0.4, -0.2) is 41.6 Å². The quantitative estimate of drug-likeness (QED) is 0.608. The number of hydrogen-bond donors (Lipinski definition) is 1. The molecule has 7 nitrogen and oxygen atoms in total. The molecule has 156 valence electrons. The minimum Gasteiger partial charge on any atom is -0.385 e. The Labute approximate surface area is 175 Å². The molecule has 0 spiro atoms. The van der Waals surface area contributed by atoms with Crippen molar-refractivity contribution >= 4 is 34.5 Å². The average molecular weight is 406 g/mol. The van der Waals surface area contributed by atoms with Gasteiger partial charge in [-0.2, -0.15) is 0 Å². The third-order valence-corrected chi connectivity index (χ3v) is 5.58. The maximum atomic E-state index is 13.2. The Morgan fingerprint density at radius 1 is 1.17 bits per heavy atom. The van der Waals surface area contributed by atoms with E-state index < -0.39 is 6.04 Å². The van der Waals surface area contributed by atoms with Crippen LogP contribution in [0.1, 0.15) is 30.0 Å². The van der Waals surface area contributed by atoms with Gasteiger partial charge in [0.2, 0.25) is 11.9 Å². The number of benzene rings is 2. The molecule has 0 radical (unpaired) electrons. The molecule has 1 aliphatic rings. The normalized spacial score (nSPS) is 15.6. The zero-order chi connectivity index (χ0) is 21.3. The third kappa shape index (κ3) is 3.68. The van der Waals surface area contributed by atoms with E-state index in [2.05, 4.69) is 10.3 Å². The van der Waals surface area contributed by atoms with Crippen molar-refractivity contribution in [3.63, 3.8) is 0 Å². The molecule has 2 heterocycles. The summed E-state index contributed by atoms with van der Waals surface area (Å²) < 4.78 is 7.02. The topological polar surface area (TPSA) is 76.5 Å². The number of anilines is 2.